The standard InChI is InChI=1S/C16H32N2/c1-4-15-6-5-7-18(11-15)16(12-17)9-13(2)8-14(3)10-16/h13-15H,4-12,17H2,1-3H3. The second-order valence-electron chi connectivity index (χ2n) is 7.15. The lowest BCUT2D eigenvalue weighted by Gasteiger charge is -2.52. The van der Waals surface area contributed by atoms with Crippen molar-refractivity contribution in [2.75, 3.05) is 19.6 Å². The molecular weight excluding hydrogens is 220 g/mol. The molecule has 2 N–H and O–H groups in total. The third kappa shape index (κ3) is 2.91. The molecule has 0 radical (unpaired) electrons. The summed E-state index contributed by atoms with van der Waals surface area (Å²) >= 11 is 0. The highest BCUT2D eigenvalue weighted by Crippen LogP contribution is 2.41. The van der Waals surface area contributed by atoms with E-state index in [0.29, 0.717) is 5.54 Å². The van der Waals surface area contributed by atoms with Crippen molar-refractivity contribution in [1.82, 2.24) is 4.90 Å². The molecule has 0 aromatic heterocycles. The molecule has 1 aliphatic carbocycles. The van der Waals surface area contributed by atoms with Gasteiger partial charge in [-0.05, 0) is 56.4 Å². The molecule has 2 rings (SSSR count). The van der Waals surface area contributed by atoms with Crippen LogP contribution in [0.2, 0.25) is 0 Å². The Morgan fingerprint density at radius 2 is 1.89 bits per heavy atom. The van der Waals surface area contributed by atoms with Crippen LogP contribution in [0.15, 0.2) is 0 Å². The molecule has 2 heteroatoms. The fourth-order valence-electron chi connectivity index (χ4n) is 4.62. The number of likely N-dealkylation sites (tertiary alicyclic amines) is 1. The molecule has 1 aliphatic heterocycles. The Balaban J connectivity index is 2.10. The highest BCUT2D eigenvalue weighted by Gasteiger charge is 2.42. The summed E-state index contributed by atoms with van der Waals surface area (Å²) in [6, 6.07) is 0. The molecule has 0 amide bonds. The number of rotatable bonds is 3. The lowest BCUT2D eigenvalue weighted by atomic mass is 9.70. The van der Waals surface area contributed by atoms with Crippen molar-refractivity contribution in [2.45, 2.75) is 64.8 Å². The first kappa shape index (κ1) is 14.3. The molecule has 2 aliphatic rings. The van der Waals surface area contributed by atoms with Gasteiger partial charge in [-0.1, -0.05) is 27.2 Å². The predicted molar refractivity (Wildman–Crippen MR) is 78.6 cm³/mol. The van der Waals surface area contributed by atoms with Crippen LogP contribution < -0.4 is 5.73 Å². The van der Waals surface area contributed by atoms with Crippen LogP contribution in [0.25, 0.3) is 0 Å². The van der Waals surface area contributed by atoms with Crippen molar-refractivity contribution < 1.29 is 0 Å². The van der Waals surface area contributed by atoms with Crippen LogP contribution in [-0.2, 0) is 0 Å². The fraction of sp³-hybridized carbons (Fsp3) is 1.00. The summed E-state index contributed by atoms with van der Waals surface area (Å²) in [4.78, 5) is 2.77. The highest BCUT2D eigenvalue weighted by atomic mass is 15.2. The van der Waals surface area contributed by atoms with Gasteiger partial charge >= 0.3 is 0 Å². The average molecular weight is 252 g/mol. The van der Waals surface area contributed by atoms with E-state index in [2.05, 4.69) is 25.7 Å². The maximum Gasteiger partial charge on any atom is 0.0336 e. The minimum atomic E-state index is 0.324. The number of nitrogens with two attached hydrogens (primary N) is 1. The normalized spacial score (nSPS) is 43.0. The summed E-state index contributed by atoms with van der Waals surface area (Å²) in [5.74, 6) is 2.60. The molecule has 2 nitrogen and oxygen atoms in total. The molecule has 106 valence electrons. The van der Waals surface area contributed by atoms with Gasteiger partial charge in [-0.25, -0.2) is 0 Å². The second kappa shape index (κ2) is 5.92. The summed E-state index contributed by atoms with van der Waals surface area (Å²) in [5, 5.41) is 0. The average Bonchev–Trinajstić information content (AvgIpc) is 2.37. The van der Waals surface area contributed by atoms with Crippen molar-refractivity contribution in [3.05, 3.63) is 0 Å². The first-order valence-corrected chi connectivity index (χ1v) is 8.04. The Hall–Kier alpha value is -0.0800. The summed E-state index contributed by atoms with van der Waals surface area (Å²) in [6.07, 6.45) is 8.19. The molecule has 18 heavy (non-hydrogen) atoms. The summed E-state index contributed by atoms with van der Waals surface area (Å²) in [7, 11) is 0. The minimum absolute atomic E-state index is 0.324. The largest absolute Gasteiger partial charge is 0.329 e. The maximum absolute atomic E-state index is 6.24. The van der Waals surface area contributed by atoms with E-state index in [4.69, 9.17) is 5.73 Å². The van der Waals surface area contributed by atoms with Gasteiger partial charge < -0.3 is 5.73 Å². The zero-order valence-corrected chi connectivity index (χ0v) is 12.6. The molecule has 1 saturated carbocycles. The summed E-state index contributed by atoms with van der Waals surface area (Å²) < 4.78 is 0. The predicted octanol–water partition coefficient (Wildman–Crippen LogP) is 3.26. The van der Waals surface area contributed by atoms with Gasteiger partial charge in [0, 0.05) is 18.6 Å². The molecule has 0 bridgehead atoms. The van der Waals surface area contributed by atoms with Crippen LogP contribution in [0.3, 0.4) is 0 Å². The minimum Gasteiger partial charge on any atom is -0.329 e. The van der Waals surface area contributed by atoms with Gasteiger partial charge in [0.05, 0.1) is 0 Å². The van der Waals surface area contributed by atoms with Crippen molar-refractivity contribution in [3.8, 4) is 0 Å². The maximum atomic E-state index is 6.24. The van der Waals surface area contributed by atoms with E-state index in [1.54, 1.807) is 0 Å². The molecule has 0 aromatic rings. The molecule has 3 atom stereocenters. The summed E-state index contributed by atoms with van der Waals surface area (Å²) in [5.41, 5.74) is 6.56. The molecule has 1 saturated heterocycles. The van der Waals surface area contributed by atoms with E-state index < -0.39 is 0 Å². The highest BCUT2D eigenvalue weighted by molar-refractivity contribution is 4.99. The van der Waals surface area contributed by atoms with Crippen LogP contribution in [0.5, 0.6) is 0 Å². The number of piperidine rings is 1. The number of hydrogen-bond donors (Lipinski definition) is 1. The third-order valence-electron chi connectivity index (χ3n) is 5.41. The first-order valence-electron chi connectivity index (χ1n) is 8.04. The monoisotopic (exact) mass is 252 g/mol. The molecule has 0 spiro atoms. The topological polar surface area (TPSA) is 29.3 Å². The van der Waals surface area contributed by atoms with Crippen LogP contribution in [-0.4, -0.2) is 30.1 Å². The molecule has 0 aromatic carbocycles. The van der Waals surface area contributed by atoms with E-state index in [-0.39, 0.29) is 0 Å². The number of hydrogen-bond acceptors (Lipinski definition) is 2. The van der Waals surface area contributed by atoms with E-state index >= 15 is 0 Å². The molecule has 3 unspecified atom stereocenters. The van der Waals surface area contributed by atoms with Crippen molar-refractivity contribution >= 4 is 0 Å². The van der Waals surface area contributed by atoms with Gasteiger partial charge in [-0.3, -0.25) is 4.90 Å². The Kier molecular flexibility index (Phi) is 4.71. The van der Waals surface area contributed by atoms with E-state index in [1.165, 1.54) is 51.6 Å². The van der Waals surface area contributed by atoms with Gasteiger partial charge in [-0.15, -0.1) is 0 Å². The molecular formula is C16H32N2. The molecule has 2 fully saturated rings. The van der Waals surface area contributed by atoms with Crippen molar-refractivity contribution in [1.29, 1.82) is 0 Å². The molecule has 1 heterocycles. The Morgan fingerprint density at radius 3 is 2.44 bits per heavy atom. The van der Waals surface area contributed by atoms with Gasteiger partial charge in [-0.2, -0.15) is 0 Å². The van der Waals surface area contributed by atoms with Crippen molar-refractivity contribution in [3.63, 3.8) is 0 Å². The lowest BCUT2D eigenvalue weighted by molar-refractivity contribution is -0.00873. The van der Waals surface area contributed by atoms with Crippen LogP contribution >= 0.6 is 0 Å². The van der Waals surface area contributed by atoms with Crippen LogP contribution in [0.4, 0.5) is 0 Å². The smallest absolute Gasteiger partial charge is 0.0336 e. The zero-order valence-electron chi connectivity index (χ0n) is 12.6. The van der Waals surface area contributed by atoms with E-state index in [9.17, 15) is 0 Å². The van der Waals surface area contributed by atoms with Gasteiger partial charge in [0.2, 0.25) is 0 Å². The Morgan fingerprint density at radius 1 is 1.22 bits per heavy atom. The fourth-order valence-corrected chi connectivity index (χ4v) is 4.62. The Bertz CT molecular complexity index is 254. The van der Waals surface area contributed by atoms with Gasteiger partial charge in [0.25, 0.3) is 0 Å². The van der Waals surface area contributed by atoms with E-state index in [1.807, 2.05) is 0 Å². The van der Waals surface area contributed by atoms with Crippen LogP contribution in [0.1, 0.15) is 59.3 Å². The first-order chi connectivity index (χ1) is 8.59. The van der Waals surface area contributed by atoms with Gasteiger partial charge in [0.1, 0.15) is 0 Å². The Labute approximate surface area is 113 Å². The number of nitrogens with zero attached hydrogens (tertiary/aromatic N) is 1. The zero-order chi connectivity index (χ0) is 13.2. The third-order valence-corrected chi connectivity index (χ3v) is 5.41. The SMILES string of the molecule is CCC1CCCN(C2(CN)CC(C)CC(C)C2)C1. The van der Waals surface area contributed by atoms with E-state index in [0.717, 1.165) is 24.3 Å². The van der Waals surface area contributed by atoms with Crippen molar-refractivity contribution in [2.24, 2.45) is 23.5 Å². The van der Waals surface area contributed by atoms with Gasteiger partial charge in [0.15, 0.2) is 0 Å². The quantitative estimate of drug-likeness (QED) is 0.835. The summed E-state index contributed by atoms with van der Waals surface area (Å²) in [6.45, 7) is 10.6. The lowest BCUT2D eigenvalue weighted by Crippen LogP contribution is -2.59. The second-order valence-corrected chi connectivity index (χ2v) is 7.15. The van der Waals surface area contributed by atoms with Crippen LogP contribution in [0, 0.1) is 17.8 Å².